The van der Waals surface area contributed by atoms with Crippen LogP contribution in [0.4, 0.5) is 5.69 Å². The number of carbonyl (C=O) groups excluding carboxylic acids is 1. The molecular formula is C15H14INO2. The fraction of sp³-hybridized carbons (Fsp3) is 0.133. The van der Waals surface area contributed by atoms with E-state index in [0.717, 1.165) is 14.8 Å². The summed E-state index contributed by atoms with van der Waals surface area (Å²) in [5.74, 6) is -0.740. The number of amides is 1. The van der Waals surface area contributed by atoms with Crippen LogP contribution < -0.4 is 5.32 Å². The van der Waals surface area contributed by atoms with Crippen LogP contribution in [0.3, 0.4) is 0 Å². The highest BCUT2D eigenvalue weighted by Gasteiger charge is 2.19. The van der Waals surface area contributed by atoms with Gasteiger partial charge in [0.2, 0.25) is 5.91 Å². The largest absolute Gasteiger partial charge is 0.395 e. The summed E-state index contributed by atoms with van der Waals surface area (Å²) >= 11 is 2.21. The quantitative estimate of drug-likeness (QED) is 0.817. The first-order chi connectivity index (χ1) is 9.20. The number of nitrogens with one attached hydrogen (secondary N) is 1. The molecule has 0 aliphatic rings. The Balaban J connectivity index is 2.11. The van der Waals surface area contributed by atoms with Crippen LogP contribution in [-0.2, 0) is 4.79 Å². The lowest BCUT2D eigenvalue weighted by molar-refractivity contribution is -0.118. The fourth-order valence-corrected chi connectivity index (χ4v) is 2.15. The van der Waals surface area contributed by atoms with Gasteiger partial charge >= 0.3 is 0 Å². The van der Waals surface area contributed by atoms with Gasteiger partial charge in [-0.05, 0) is 52.4 Å². The number of hydrogen-bond acceptors (Lipinski definition) is 2. The number of rotatable bonds is 4. The van der Waals surface area contributed by atoms with Crippen LogP contribution in [0.1, 0.15) is 11.5 Å². The van der Waals surface area contributed by atoms with Gasteiger partial charge < -0.3 is 10.4 Å². The van der Waals surface area contributed by atoms with Crippen molar-refractivity contribution in [2.24, 2.45) is 0 Å². The average molecular weight is 367 g/mol. The summed E-state index contributed by atoms with van der Waals surface area (Å²) in [6, 6.07) is 16.8. The minimum absolute atomic E-state index is 0.199. The van der Waals surface area contributed by atoms with Gasteiger partial charge in [0.1, 0.15) is 0 Å². The van der Waals surface area contributed by atoms with Crippen molar-refractivity contribution in [1.29, 1.82) is 0 Å². The van der Waals surface area contributed by atoms with Crippen LogP contribution in [0.2, 0.25) is 0 Å². The predicted molar refractivity (Wildman–Crippen MR) is 84.1 cm³/mol. The van der Waals surface area contributed by atoms with E-state index in [2.05, 4.69) is 27.9 Å². The van der Waals surface area contributed by atoms with Crippen LogP contribution in [0.15, 0.2) is 54.6 Å². The number of carbonyl (C=O) groups is 1. The number of anilines is 1. The molecule has 0 aliphatic heterocycles. The molecule has 0 heterocycles. The first kappa shape index (κ1) is 14.0. The molecule has 0 aliphatic carbocycles. The van der Waals surface area contributed by atoms with Gasteiger partial charge in [0.15, 0.2) is 0 Å². The van der Waals surface area contributed by atoms with E-state index in [4.69, 9.17) is 0 Å². The summed E-state index contributed by atoms with van der Waals surface area (Å²) in [6.45, 7) is -0.208. The molecule has 1 unspecified atom stereocenters. The second kappa shape index (κ2) is 6.68. The molecule has 0 aromatic heterocycles. The van der Waals surface area contributed by atoms with E-state index < -0.39 is 5.92 Å². The van der Waals surface area contributed by atoms with Crippen molar-refractivity contribution in [2.45, 2.75) is 5.92 Å². The van der Waals surface area contributed by atoms with Crippen LogP contribution >= 0.6 is 22.6 Å². The van der Waals surface area contributed by atoms with Crippen molar-refractivity contribution in [2.75, 3.05) is 11.9 Å². The summed E-state index contributed by atoms with van der Waals surface area (Å²) in [5.41, 5.74) is 1.55. The fourth-order valence-electron chi connectivity index (χ4n) is 1.79. The van der Waals surface area contributed by atoms with Crippen LogP contribution in [0.5, 0.6) is 0 Å². The predicted octanol–water partition coefficient (Wildman–Crippen LogP) is 3.01. The molecule has 4 heteroatoms. The maximum Gasteiger partial charge on any atom is 0.234 e. The molecule has 2 aromatic rings. The van der Waals surface area contributed by atoms with E-state index in [-0.39, 0.29) is 12.5 Å². The maximum atomic E-state index is 12.2. The highest BCUT2D eigenvalue weighted by Crippen LogP contribution is 2.18. The third-order valence-corrected chi connectivity index (χ3v) is 3.53. The Bertz CT molecular complexity index is 540. The monoisotopic (exact) mass is 367 g/mol. The average Bonchev–Trinajstić information content (AvgIpc) is 2.43. The van der Waals surface area contributed by atoms with Crippen LogP contribution in [0, 0.1) is 3.57 Å². The molecule has 2 N–H and O–H groups in total. The second-order valence-corrected chi connectivity index (χ2v) is 5.39. The van der Waals surface area contributed by atoms with Crippen molar-refractivity contribution in [1.82, 2.24) is 0 Å². The molecule has 19 heavy (non-hydrogen) atoms. The Morgan fingerprint density at radius 3 is 2.32 bits per heavy atom. The minimum atomic E-state index is -0.541. The van der Waals surface area contributed by atoms with E-state index in [1.165, 1.54) is 0 Å². The van der Waals surface area contributed by atoms with Crippen LogP contribution in [-0.4, -0.2) is 17.6 Å². The SMILES string of the molecule is O=C(Nc1ccc(I)cc1)C(CO)c1ccccc1. The molecule has 3 nitrogen and oxygen atoms in total. The van der Waals surface area contributed by atoms with E-state index in [1.807, 2.05) is 54.6 Å². The highest BCUT2D eigenvalue weighted by atomic mass is 127. The molecule has 0 saturated carbocycles. The first-order valence-electron chi connectivity index (χ1n) is 5.93. The Morgan fingerprint density at radius 1 is 1.11 bits per heavy atom. The van der Waals surface area contributed by atoms with Crippen molar-refractivity contribution < 1.29 is 9.90 Å². The van der Waals surface area contributed by atoms with E-state index in [0.29, 0.717) is 0 Å². The molecule has 0 bridgehead atoms. The minimum Gasteiger partial charge on any atom is -0.395 e. The number of aliphatic hydroxyl groups is 1. The van der Waals surface area contributed by atoms with Gasteiger partial charge in [-0.3, -0.25) is 4.79 Å². The zero-order valence-corrected chi connectivity index (χ0v) is 12.4. The Hall–Kier alpha value is -1.40. The van der Waals surface area contributed by atoms with Gasteiger partial charge in [0, 0.05) is 9.26 Å². The van der Waals surface area contributed by atoms with Gasteiger partial charge in [0.25, 0.3) is 0 Å². The molecule has 0 fully saturated rings. The number of hydrogen-bond donors (Lipinski definition) is 2. The smallest absolute Gasteiger partial charge is 0.234 e. The Morgan fingerprint density at radius 2 is 1.74 bits per heavy atom. The summed E-state index contributed by atoms with van der Waals surface area (Å²) in [6.07, 6.45) is 0. The van der Waals surface area contributed by atoms with Gasteiger partial charge in [-0.25, -0.2) is 0 Å². The number of aliphatic hydroxyl groups excluding tert-OH is 1. The summed E-state index contributed by atoms with van der Waals surface area (Å²) < 4.78 is 1.11. The molecule has 2 rings (SSSR count). The molecule has 1 atom stereocenters. The molecule has 2 aromatic carbocycles. The van der Waals surface area contributed by atoms with Gasteiger partial charge in [-0.1, -0.05) is 30.3 Å². The van der Waals surface area contributed by atoms with Gasteiger partial charge in [0.05, 0.1) is 12.5 Å². The molecule has 98 valence electrons. The Kier molecular flexibility index (Phi) is 4.93. The molecule has 0 radical (unpaired) electrons. The van der Waals surface area contributed by atoms with Crippen molar-refractivity contribution in [3.63, 3.8) is 0 Å². The van der Waals surface area contributed by atoms with Crippen molar-refractivity contribution in [3.8, 4) is 0 Å². The Labute approximate surface area is 125 Å². The second-order valence-electron chi connectivity index (χ2n) is 4.14. The summed E-state index contributed by atoms with van der Waals surface area (Å²) in [7, 11) is 0. The molecule has 0 saturated heterocycles. The zero-order valence-electron chi connectivity index (χ0n) is 10.2. The standard InChI is InChI=1S/C15H14INO2/c16-12-6-8-13(9-7-12)17-15(19)14(10-18)11-4-2-1-3-5-11/h1-9,14,18H,10H2,(H,17,19). The van der Waals surface area contributed by atoms with Crippen molar-refractivity contribution >= 4 is 34.2 Å². The third kappa shape index (κ3) is 3.78. The van der Waals surface area contributed by atoms with E-state index in [1.54, 1.807) is 0 Å². The molecule has 1 amide bonds. The number of benzene rings is 2. The summed E-state index contributed by atoms with van der Waals surface area (Å²) in [5, 5.41) is 12.2. The van der Waals surface area contributed by atoms with Crippen molar-refractivity contribution in [3.05, 3.63) is 63.7 Å². The lowest BCUT2D eigenvalue weighted by Gasteiger charge is -2.14. The molecule has 0 spiro atoms. The van der Waals surface area contributed by atoms with E-state index in [9.17, 15) is 9.90 Å². The van der Waals surface area contributed by atoms with Crippen LogP contribution in [0.25, 0.3) is 0 Å². The maximum absolute atomic E-state index is 12.2. The van der Waals surface area contributed by atoms with Gasteiger partial charge in [-0.2, -0.15) is 0 Å². The highest BCUT2D eigenvalue weighted by molar-refractivity contribution is 14.1. The topological polar surface area (TPSA) is 49.3 Å². The van der Waals surface area contributed by atoms with E-state index >= 15 is 0 Å². The molecular weight excluding hydrogens is 353 g/mol. The first-order valence-corrected chi connectivity index (χ1v) is 7.01. The summed E-state index contributed by atoms with van der Waals surface area (Å²) in [4.78, 5) is 12.2. The zero-order chi connectivity index (χ0) is 13.7. The van der Waals surface area contributed by atoms with Gasteiger partial charge in [-0.15, -0.1) is 0 Å². The normalized spacial score (nSPS) is 11.9. The number of halogens is 1. The lowest BCUT2D eigenvalue weighted by Crippen LogP contribution is -2.23. The third-order valence-electron chi connectivity index (χ3n) is 2.81. The lowest BCUT2D eigenvalue weighted by atomic mass is 9.99.